The molecule has 0 atom stereocenters. The Balaban J connectivity index is 2.30. The van der Waals surface area contributed by atoms with E-state index >= 15 is 0 Å². The van der Waals surface area contributed by atoms with Crippen LogP contribution in [0.15, 0.2) is 34.8 Å². The lowest BCUT2D eigenvalue weighted by Crippen LogP contribution is -2.13. The molecule has 0 radical (unpaired) electrons. The van der Waals surface area contributed by atoms with Crippen molar-refractivity contribution >= 4 is 39.1 Å². The van der Waals surface area contributed by atoms with Crippen LogP contribution in [0.2, 0.25) is 5.02 Å². The van der Waals surface area contributed by atoms with E-state index in [1.54, 1.807) is 25.1 Å². The Hall–Kier alpha value is -1.52. The van der Waals surface area contributed by atoms with Gasteiger partial charge in [0.25, 0.3) is 5.91 Å². The maximum absolute atomic E-state index is 12.2. The highest BCUT2D eigenvalue weighted by Gasteiger charge is 2.12. The molecule has 2 aromatic carbocycles. The number of aromatic hydroxyl groups is 1. The lowest BCUT2D eigenvalue weighted by Gasteiger charge is -2.11. The average Bonchev–Trinajstić information content (AvgIpc) is 2.35. The van der Waals surface area contributed by atoms with Gasteiger partial charge in [0.05, 0.1) is 5.69 Å². The third-order valence-corrected chi connectivity index (χ3v) is 4.01. The summed E-state index contributed by atoms with van der Waals surface area (Å²) in [6.45, 7) is 3.66. The molecule has 0 bridgehead atoms. The largest absolute Gasteiger partial charge is 0.508 e. The monoisotopic (exact) mass is 353 g/mol. The van der Waals surface area contributed by atoms with E-state index in [1.165, 1.54) is 6.07 Å². The minimum absolute atomic E-state index is 0.138. The summed E-state index contributed by atoms with van der Waals surface area (Å²) >= 11 is 9.46. The Morgan fingerprint density at radius 3 is 2.55 bits per heavy atom. The number of hydrogen-bond acceptors (Lipinski definition) is 2. The fourth-order valence-corrected chi connectivity index (χ4v) is 2.55. The summed E-state index contributed by atoms with van der Waals surface area (Å²) in [5.41, 5.74) is 2.75. The highest BCUT2D eigenvalue weighted by Crippen LogP contribution is 2.29. The molecule has 2 rings (SSSR count). The molecule has 20 heavy (non-hydrogen) atoms. The van der Waals surface area contributed by atoms with Crippen LogP contribution in [0.5, 0.6) is 5.75 Å². The van der Waals surface area contributed by atoms with Crippen LogP contribution in [-0.4, -0.2) is 11.0 Å². The summed E-state index contributed by atoms with van der Waals surface area (Å²) in [5, 5.41) is 12.8. The summed E-state index contributed by atoms with van der Waals surface area (Å²) < 4.78 is 0.768. The fraction of sp³-hybridized carbons (Fsp3) is 0.133. The van der Waals surface area contributed by atoms with Crippen molar-refractivity contribution < 1.29 is 9.90 Å². The number of benzene rings is 2. The Bertz CT molecular complexity index is 686. The first-order valence-corrected chi connectivity index (χ1v) is 7.12. The number of rotatable bonds is 2. The van der Waals surface area contributed by atoms with E-state index in [-0.39, 0.29) is 11.7 Å². The van der Waals surface area contributed by atoms with Crippen LogP contribution < -0.4 is 5.32 Å². The zero-order valence-electron chi connectivity index (χ0n) is 11.0. The predicted octanol–water partition coefficient (Wildman–Crippen LogP) is 4.68. The maximum Gasteiger partial charge on any atom is 0.255 e. The van der Waals surface area contributed by atoms with Gasteiger partial charge in [0.15, 0.2) is 0 Å². The van der Waals surface area contributed by atoms with Crippen molar-refractivity contribution in [1.82, 2.24) is 0 Å². The van der Waals surface area contributed by atoms with Gasteiger partial charge in [-0.25, -0.2) is 0 Å². The molecule has 3 nitrogen and oxygen atoms in total. The molecule has 0 spiro atoms. The molecular weight excluding hydrogens is 342 g/mol. The van der Waals surface area contributed by atoms with Gasteiger partial charge in [0.1, 0.15) is 5.75 Å². The standard InChI is InChI=1S/C15H13BrClNO2/c1-8-5-10(19)3-4-11(8)15(20)18-14-7-13(17)9(2)6-12(14)16/h3-7,19H,1-2H3,(H,18,20). The molecule has 5 heteroatoms. The second-order valence-corrected chi connectivity index (χ2v) is 5.80. The van der Waals surface area contributed by atoms with E-state index < -0.39 is 0 Å². The van der Waals surface area contributed by atoms with Crippen molar-refractivity contribution in [1.29, 1.82) is 0 Å². The average molecular weight is 355 g/mol. The van der Waals surface area contributed by atoms with Crippen molar-refractivity contribution in [2.75, 3.05) is 5.32 Å². The van der Waals surface area contributed by atoms with Gasteiger partial charge in [-0.15, -0.1) is 0 Å². The molecule has 0 fully saturated rings. The van der Waals surface area contributed by atoms with E-state index in [4.69, 9.17) is 11.6 Å². The van der Waals surface area contributed by atoms with Crippen molar-refractivity contribution in [2.24, 2.45) is 0 Å². The SMILES string of the molecule is Cc1cc(Br)c(NC(=O)c2ccc(O)cc2C)cc1Cl. The zero-order chi connectivity index (χ0) is 14.9. The first-order chi connectivity index (χ1) is 9.38. The Kier molecular flexibility index (Phi) is 4.35. The number of aryl methyl sites for hydroxylation is 2. The van der Waals surface area contributed by atoms with Gasteiger partial charge in [-0.3, -0.25) is 4.79 Å². The molecule has 0 saturated carbocycles. The number of phenols is 1. The Labute approximate surface area is 130 Å². The molecule has 2 N–H and O–H groups in total. The second kappa shape index (κ2) is 5.85. The van der Waals surface area contributed by atoms with Crippen LogP contribution in [0.3, 0.4) is 0 Å². The van der Waals surface area contributed by atoms with Crippen molar-refractivity contribution in [3.63, 3.8) is 0 Å². The minimum atomic E-state index is -0.247. The van der Waals surface area contributed by atoms with Gasteiger partial charge in [-0.1, -0.05) is 11.6 Å². The van der Waals surface area contributed by atoms with E-state index in [2.05, 4.69) is 21.2 Å². The number of carbonyl (C=O) groups excluding carboxylic acids is 1. The van der Waals surface area contributed by atoms with Crippen molar-refractivity contribution in [3.8, 4) is 5.75 Å². The van der Waals surface area contributed by atoms with Crippen LogP contribution in [-0.2, 0) is 0 Å². The molecule has 0 heterocycles. The second-order valence-electron chi connectivity index (χ2n) is 4.53. The molecule has 2 aromatic rings. The molecule has 1 amide bonds. The highest BCUT2D eigenvalue weighted by atomic mass is 79.9. The summed E-state index contributed by atoms with van der Waals surface area (Å²) in [7, 11) is 0. The van der Waals surface area contributed by atoms with Gasteiger partial charge in [-0.2, -0.15) is 0 Å². The minimum Gasteiger partial charge on any atom is -0.508 e. The Morgan fingerprint density at radius 1 is 1.20 bits per heavy atom. The molecule has 0 aliphatic rings. The molecule has 0 unspecified atom stereocenters. The van der Waals surface area contributed by atoms with Gasteiger partial charge in [-0.05, 0) is 71.2 Å². The number of nitrogens with one attached hydrogen (secondary N) is 1. The third kappa shape index (κ3) is 3.14. The van der Waals surface area contributed by atoms with E-state index in [0.717, 1.165) is 10.0 Å². The summed E-state index contributed by atoms with van der Waals surface area (Å²) in [5.74, 6) is -0.110. The first kappa shape index (κ1) is 14.9. The number of halogens is 2. The van der Waals surface area contributed by atoms with Crippen LogP contribution in [0.1, 0.15) is 21.5 Å². The fourth-order valence-electron chi connectivity index (χ4n) is 1.83. The highest BCUT2D eigenvalue weighted by molar-refractivity contribution is 9.10. The number of hydrogen-bond donors (Lipinski definition) is 2. The Morgan fingerprint density at radius 2 is 1.90 bits per heavy atom. The molecule has 0 aromatic heterocycles. The molecule has 104 valence electrons. The topological polar surface area (TPSA) is 49.3 Å². The summed E-state index contributed by atoms with van der Waals surface area (Å²) in [6.07, 6.45) is 0. The maximum atomic E-state index is 12.2. The first-order valence-electron chi connectivity index (χ1n) is 5.95. The molecule has 0 aliphatic carbocycles. The lowest BCUT2D eigenvalue weighted by molar-refractivity contribution is 0.102. The van der Waals surface area contributed by atoms with Crippen molar-refractivity contribution in [3.05, 3.63) is 56.5 Å². The molecule has 0 saturated heterocycles. The lowest BCUT2D eigenvalue weighted by atomic mass is 10.1. The third-order valence-electron chi connectivity index (χ3n) is 2.95. The normalized spacial score (nSPS) is 10.4. The van der Waals surface area contributed by atoms with Crippen LogP contribution in [0, 0.1) is 13.8 Å². The van der Waals surface area contributed by atoms with E-state index in [0.29, 0.717) is 21.8 Å². The van der Waals surface area contributed by atoms with Gasteiger partial charge in [0, 0.05) is 15.1 Å². The van der Waals surface area contributed by atoms with E-state index in [1.807, 2.05) is 13.0 Å². The van der Waals surface area contributed by atoms with Crippen LogP contribution >= 0.6 is 27.5 Å². The number of amides is 1. The molecule has 0 aliphatic heterocycles. The van der Waals surface area contributed by atoms with Gasteiger partial charge in [0.2, 0.25) is 0 Å². The van der Waals surface area contributed by atoms with Gasteiger partial charge < -0.3 is 10.4 Å². The smallest absolute Gasteiger partial charge is 0.255 e. The summed E-state index contributed by atoms with van der Waals surface area (Å²) in [4.78, 5) is 12.2. The molecular formula is C15H13BrClNO2. The summed E-state index contributed by atoms with van der Waals surface area (Å²) in [6, 6.07) is 8.17. The van der Waals surface area contributed by atoms with E-state index in [9.17, 15) is 9.90 Å². The number of carbonyl (C=O) groups is 1. The zero-order valence-corrected chi connectivity index (χ0v) is 13.3. The number of anilines is 1. The predicted molar refractivity (Wildman–Crippen MR) is 84.7 cm³/mol. The van der Waals surface area contributed by atoms with Gasteiger partial charge >= 0.3 is 0 Å². The van der Waals surface area contributed by atoms with Crippen LogP contribution in [0.4, 0.5) is 5.69 Å². The number of phenolic OH excluding ortho intramolecular Hbond substituents is 1. The van der Waals surface area contributed by atoms with Crippen LogP contribution in [0.25, 0.3) is 0 Å². The van der Waals surface area contributed by atoms with Crippen molar-refractivity contribution in [2.45, 2.75) is 13.8 Å². The quantitative estimate of drug-likeness (QED) is 0.823.